The summed E-state index contributed by atoms with van der Waals surface area (Å²) in [6.07, 6.45) is -0.230. The lowest BCUT2D eigenvalue weighted by atomic mass is 10.00. The Morgan fingerprint density at radius 1 is 1.26 bits per heavy atom. The van der Waals surface area contributed by atoms with Crippen molar-refractivity contribution < 1.29 is 9.84 Å². The van der Waals surface area contributed by atoms with E-state index < -0.39 is 6.10 Å². The first-order valence-corrected chi connectivity index (χ1v) is 6.34. The number of hydrogen-bond acceptors (Lipinski definition) is 3. The van der Waals surface area contributed by atoms with Crippen molar-refractivity contribution >= 4 is 17.3 Å². The third-order valence-corrected chi connectivity index (χ3v) is 3.23. The summed E-state index contributed by atoms with van der Waals surface area (Å²) in [5.41, 5.74) is 8.07. The zero-order valence-electron chi connectivity index (χ0n) is 10.6. The highest BCUT2D eigenvalue weighted by Crippen LogP contribution is 2.31. The number of benzene rings is 2. The summed E-state index contributed by atoms with van der Waals surface area (Å²) in [4.78, 5) is 0. The average Bonchev–Trinajstić information content (AvgIpc) is 2.39. The molecule has 4 heteroatoms. The molecule has 0 amide bonds. The first-order valence-electron chi connectivity index (χ1n) is 5.96. The zero-order valence-corrected chi connectivity index (χ0v) is 11.4. The topological polar surface area (TPSA) is 55.5 Å². The predicted octanol–water partition coefficient (Wildman–Crippen LogP) is 3.21. The maximum absolute atomic E-state index is 10.3. The van der Waals surface area contributed by atoms with Crippen molar-refractivity contribution in [2.45, 2.75) is 12.5 Å². The van der Waals surface area contributed by atoms with Crippen LogP contribution in [0.4, 0.5) is 5.69 Å². The van der Waals surface area contributed by atoms with E-state index in [-0.39, 0.29) is 0 Å². The Balaban J connectivity index is 2.23. The molecule has 0 saturated carbocycles. The molecule has 19 heavy (non-hydrogen) atoms. The second-order valence-corrected chi connectivity index (χ2v) is 4.75. The molecular weight excluding hydrogens is 262 g/mol. The molecule has 0 bridgehead atoms. The van der Waals surface area contributed by atoms with Crippen molar-refractivity contribution in [3.63, 3.8) is 0 Å². The first-order chi connectivity index (χ1) is 9.11. The van der Waals surface area contributed by atoms with E-state index in [0.29, 0.717) is 28.4 Å². The minimum absolute atomic E-state index is 0.456. The summed E-state index contributed by atoms with van der Waals surface area (Å²) in [6, 6.07) is 12.8. The molecule has 1 atom stereocenters. The fourth-order valence-electron chi connectivity index (χ4n) is 2.03. The quantitative estimate of drug-likeness (QED) is 0.844. The Bertz CT molecular complexity index is 572. The predicted molar refractivity (Wildman–Crippen MR) is 77.5 cm³/mol. The van der Waals surface area contributed by atoms with E-state index >= 15 is 0 Å². The summed E-state index contributed by atoms with van der Waals surface area (Å²) >= 11 is 5.93. The van der Waals surface area contributed by atoms with E-state index in [1.165, 1.54) is 0 Å². The molecular formula is C15H16ClNO2. The van der Waals surface area contributed by atoms with E-state index in [2.05, 4.69) is 0 Å². The van der Waals surface area contributed by atoms with Crippen LogP contribution in [0.25, 0.3) is 0 Å². The molecule has 2 aromatic carbocycles. The summed E-state index contributed by atoms with van der Waals surface area (Å²) < 4.78 is 5.15. The van der Waals surface area contributed by atoms with Crippen LogP contribution in [-0.4, -0.2) is 12.2 Å². The standard InChI is InChI=1S/C15H16ClNO2/c1-19-14-7-3-6-12(15(14)17)13(18)9-10-4-2-5-11(16)8-10/h2-8,13,18H,9,17H2,1H3. The van der Waals surface area contributed by atoms with Crippen LogP contribution in [0.5, 0.6) is 5.75 Å². The van der Waals surface area contributed by atoms with Gasteiger partial charge in [-0.15, -0.1) is 0 Å². The maximum atomic E-state index is 10.3. The number of ether oxygens (including phenoxy) is 1. The smallest absolute Gasteiger partial charge is 0.142 e. The SMILES string of the molecule is COc1cccc(C(O)Cc2cccc(Cl)c2)c1N. The lowest BCUT2D eigenvalue weighted by Gasteiger charge is -2.15. The van der Waals surface area contributed by atoms with Crippen molar-refractivity contribution in [1.82, 2.24) is 0 Å². The fraction of sp³-hybridized carbons (Fsp3) is 0.200. The van der Waals surface area contributed by atoms with Gasteiger partial charge < -0.3 is 15.6 Å². The molecule has 0 aliphatic rings. The molecule has 2 aromatic rings. The van der Waals surface area contributed by atoms with Gasteiger partial charge in [0.25, 0.3) is 0 Å². The summed E-state index contributed by atoms with van der Waals surface area (Å²) in [5, 5.41) is 10.9. The van der Waals surface area contributed by atoms with Gasteiger partial charge in [0.15, 0.2) is 0 Å². The van der Waals surface area contributed by atoms with Crippen LogP contribution < -0.4 is 10.5 Å². The highest BCUT2D eigenvalue weighted by molar-refractivity contribution is 6.30. The number of nitrogens with two attached hydrogens (primary N) is 1. The van der Waals surface area contributed by atoms with Gasteiger partial charge in [-0.05, 0) is 23.8 Å². The van der Waals surface area contributed by atoms with E-state index in [4.69, 9.17) is 22.1 Å². The van der Waals surface area contributed by atoms with Gasteiger partial charge in [-0.3, -0.25) is 0 Å². The first kappa shape index (κ1) is 13.7. The summed E-state index contributed by atoms with van der Waals surface area (Å²) in [6.45, 7) is 0. The van der Waals surface area contributed by atoms with Crippen LogP contribution in [-0.2, 0) is 6.42 Å². The van der Waals surface area contributed by atoms with Crippen molar-refractivity contribution in [3.8, 4) is 5.75 Å². The number of anilines is 1. The Hall–Kier alpha value is -1.71. The third kappa shape index (κ3) is 3.19. The minimum atomic E-state index is -0.687. The van der Waals surface area contributed by atoms with E-state index in [9.17, 15) is 5.11 Å². The number of aliphatic hydroxyl groups is 1. The minimum Gasteiger partial charge on any atom is -0.495 e. The van der Waals surface area contributed by atoms with Gasteiger partial charge in [0.2, 0.25) is 0 Å². The highest BCUT2D eigenvalue weighted by atomic mass is 35.5. The highest BCUT2D eigenvalue weighted by Gasteiger charge is 2.14. The Kier molecular flexibility index (Phi) is 4.30. The van der Waals surface area contributed by atoms with Gasteiger partial charge in [-0.2, -0.15) is 0 Å². The fourth-order valence-corrected chi connectivity index (χ4v) is 2.24. The molecule has 0 spiro atoms. The number of rotatable bonds is 4. The molecule has 3 N–H and O–H groups in total. The molecule has 0 radical (unpaired) electrons. The van der Waals surface area contributed by atoms with Crippen molar-refractivity contribution in [3.05, 3.63) is 58.6 Å². The second-order valence-electron chi connectivity index (χ2n) is 4.31. The molecule has 0 saturated heterocycles. The van der Waals surface area contributed by atoms with Crippen LogP contribution in [0.2, 0.25) is 5.02 Å². The van der Waals surface area contributed by atoms with Crippen molar-refractivity contribution in [1.29, 1.82) is 0 Å². The molecule has 2 rings (SSSR count). The molecule has 100 valence electrons. The molecule has 0 fully saturated rings. The Morgan fingerprint density at radius 3 is 2.68 bits per heavy atom. The Labute approximate surface area is 117 Å². The van der Waals surface area contributed by atoms with Crippen LogP contribution in [0.1, 0.15) is 17.2 Å². The van der Waals surface area contributed by atoms with Crippen LogP contribution >= 0.6 is 11.6 Å². The van der Waals surface area contributed by atoms with Crippen LogP contribution in [0.3, 0.4) is 0 Å². The number of para-hydroxylation sites is 1. The van der Waals surface area contributed by atoms with E-state index in [1.807, 2.05) is 24.3 Å². The summed E-state index contributed by atoms with van der Waals surface area (Å²) in [5.74, 6) is 0.572. The number of methoxy groups -OCH3 is 1. The van der Waals surface area contributed by atoms with Gasteiger partial charge in [-0.25, -0.2) is 0 Å². The van der Waals surface area contributed by atoms with Gasteiger partial charge in [0.1, 0.15) is 5.75 Å². The molecule has 0 heterocycles. The van der Waals surface area contributed by atoms with Gasteiger partial charge in [-0.1, -0.05) is 35.9 Å². The van der Waals surface area contributed by atoms with E-state index in [1.54, 1.807) is 25.3 Å². The molecule has 3 nitrogen and oxygen atoms in total. The van der Waals surface area contributed by atoms with Crippen molar-refractivity contribution in [2.24, 2.45) is 0 Å². The van der Waals surface area contributed by atoms with Crippen molar-refractivity contribution in [2.75, 3.05) is 12.8 Å². The zero-order chi connectivity index (χ0) is 13.8. The lowest BCUT2D eigenvalue weighted by Crippen LogP contribution is -2.06. The summed E-state index contributed by atoms with van der Waals surface area (Å²) in [7, 11) is 1.55. The average molecular weight is 278 g/mol. The third-order valence-electron chi connectivity index (χ3n) is 3.00. The van der Waals surface area contributed by atoms with Gasteiger partial charge >= 0.3 is 0 Å². The normalized spacial score (nSPS) is 12.2. The monoisotopic (exact) mass is 277 g/mol. The molecule has 0 aromatic heterocycles. The van der Waals surface area contributed by atoms with Gasteiger partial charge in [0, 0.05) is 17.0 Å². The molecule has 1 unspecified atom stereocenters. The number of halogens is 1. The maximum Gasteiger partial charge on any atom is 0.142 e. The lowest BCUT2D eigenvalue weighted by molar-refractivity contribution is 0.179. The van der Waals surface area contributed by atoms with Crippen LogP contribution in [0.15, 0.2) is 42.5 Å². The number of nitrogen functional groups attached to an aromatic ring is 1. The molecule has 0 aliphatic heterocycles. The number of hydrogen-bond donors (Lipinski definition) is 2. The van der Waals surface area contributed by atoms with E-state index in [0.717, 1.165) is 5.56 Å². The van der Waals surface area contributed by atoms with Crippen LogP contribution in [0, 0.1) is 0 Å². The number of aliphatic hydroxyl groups excluding tert-OH is 1. The molecule has 0 aliphatic carbocycles. The Morgan fingerprint density at radius 2 is 2.00 bits per heavy atom. The van der Waals surface area contributed by atoms with Gasteiger partial charge in [0.05, 0.1) is 18.9 Å². The largest absolute Gasteiger partial charge is 0.495 e. The second kappa shape index (κ2) is 5.95.